The molecule has 0 atom stereocenters. The van der Waals surface area contributed by atoms with Crippen molar-refractivity contribution in [1.82, 2.24) is 20.2 Å². The molecule has 3 heterocycles. The summed E-state index contributed by atoms with van der Waals surface area (Å²) in [5.74, 6) is 10.6. The van der Waals surface area contributed by atoms with Gasteiger partial charge in [-0.15, -0.1) is 0 Å². The number of hydrazine groups is 1. The van der Waals surface area contributed by atoms with Crippen molar-refractivity contribution in [2.24, 2.45) is 16.8 Å². The number of nitrogens with two attached hydrogens (primary N) is 2. The van der Waals surface area contributed by atoms with E-state index in [1.54, 1.807) is 0 Å². The first kappa shape index (κ1) is 22.6. The maximum atomic E-state index is 12.5. The zero-order valence-corrected chi connectivity index (χ0v) is 18.5. The monoisotopic (exact) mass is 452 g/mol. The molecule has 1 saturated heterocycles. The van der Waals surface area contributed by atoms with E-state index in [1.165, 1.54) is 24.3 Å². The molecule has 1 amide bonds. The molecule has 2 aliphatic rings. The minimum atomic E-state index is -0.255. The SMILES string of the molecule is Cc1c(CCN2CCC(NC(=O)c3cnc(N(N)/C=N\N)cn3)CC2)ccc2c1COC2=O. The summed E-state index contributed by atoms with van der Waals surface area (Å²) in [4.78, 5) is 34.9. The number of cyclic esters (lactones) is 1. The van der Waals surface area contributed by atoms with Gasteiger partial charge in [0.05, 0.1) is 18.0 Å². The second-order valence-electron chi connectivity index (χ2n) is 8.22. The summed E-state index contributed by atoms with van der Waals surface area (Å²) < 4.78 is 5.15. The molecule has 174 valence electrons. The number of hydrogen-bond donors (Lipinski definition) is 3. The van der Waals surface area contributed by atoms with Gasteiger partial charge in [0, 0.05) is 31.2 Å². The average Bonchev–Trinajstić information content (AvgIpc) is 3.21. The summed E-state index contributed by atoms with van der Waals surface area (Å²) in [7, 11) is 0. The topological polar surface area (TPSA) is 152 Å². The zero-order chi connectivity index (χ0) is 23.4. The molecular formula is C22H28N8O3. The van der Waals surface area contributed by atoms with Crippen LogP contribution in [0.5, 0.6) is 0 Å². The zero-order valence-electron chi connectivity index (χ0n) is 18.5. The van der Waals surface area contributed by atoms with Crippen molar-refractivity contribution >= 4 is 24.0 Å². The summed E-state index contributed by atoms with van der Waals surface area (Å²) in [5.41, 5.74) is 4.34. The molecule has 11 heteroatoms. The van der Waals surface area contributed by atoms with Gasteiger partial charge in [-0.3, -0.25) is 4.79 Å². The van der Waals surface area contributed by atoms with Crippen molar-refractivity contribution < 1.29 is 14.3 Å². The predicted molar refractivity (Wildman–Crippen MR) is 122 cm³/mol. The lowest BCUT2D eigenvalue weighted by Gasteiger charge is -2.32. The molecule has 1 fully saturated rings. The summed E-state index contributed by atoms with van der Waals surface area (Å²) in [6.07, 6.45) is 6.61. The van der Waals surface area contributed by atoms with Gasteiger partial charge in [0.1, 0.15) is 18.6 Å². The van der Waals surface area contributed by atoms with Gasteiger partial charge in [-0.25, -0.2) is 25.6 Å². The van der Waals surface area contributed by atoms with Crippen LogP contribution in [0, 0.1) is 6.92 Å². The largest absolute Gasteiger partial charge is 0.457 e. The van der Waals surface area contributed by atoms with Crippen molar-refractivity contribution in [3.8, 4) is 0 Å². The third-order valence-electron chi connectivity index (χ3n) is 6.22. The van der Waals surface area contributed by atoms with Crippen LogP contribution >= 0.6 is 0 Å². The first-order valence-electron chi connectivity index (χ1n) is 10.9. The van der Waals surface area contributed by atoms with Gasteiger partial charge in [-0.05, 0) is 43.4 Å². The number of nitrogens with one attached hydrogen (secondary N) is 1. The van der Waals surface area contributed by atoms with Crippen molar-refractivity contribution in [2.75, 3.05) is 24.6 Å². The van der Waals surface area contributed by atoms with E-state index in [4.69, 9.17) is 16.4 Å². The molecule has 0 saturated carbocycles. The Bertz CT molecular complexity index is 1050. The molecule has 2 aromatic rings. The van der Waals surface area contributed by atoms with Crippen LogP contribution in [0.1, 0.15) is 50.4 Å². The smallest absolute Gasteiger partial charge is 0.338 e. The summed E-state index contributed by atoms with van der Waals surface area (Å²) in [5, 5.41) is 7.46. The Balaban J connectivity index is 1.24. The van der Waals surface area contributed by atoms with Crippen molar-refractivity contribution in [3.63, 3.8) is 0 Å². The standard InChI is InChI=1S/C22H28N8O3/c1-14-15(2-3-17-18(14)12-33-22(17)32)4-7-29-8-5-16(6-9-29)28-21(31)19-10-26-20(11-25-19)30(24)13-27-23/h2-3,10-11,13,16H,4-9,12,23-24H2,1H3,(H,28,31)/b27-13-. The highest BCUT2D eigenvalue weighted by Gasteiger charge is 2.25. The number of nitrogens with zero attached hydrogens (tertiary/aromatic N) is 5. The number of ether oxygens (including phenoxy) is 1. The number of hydrogen-bond acceptors (Lipinski definition) is 9. The molecule has 0 spiro atoms. The third-order valence-corrected chi connectivity index (χ3v) is 6.22. The second kappa shape index (κ2) is 9.92. The van der Waals surface area contributed by atoms with Crippen LogP contribution < -0.4 is 22.0 Å². The van der Waals surface area contributed by atoms with Crippen LogP contribution in [0.15, 0.2) is 29.6 Å². The van der Waals surface area contributed by atoms with E-state index in [9.17, 15) is 9.59 Å². The van der Waals surface area contributed by atoms with E-state index in [2.05, 4.69) is 32.2 Å². The van der Waals surface area contributed by atoms with Crippen LogP contribution in [0.3, 0.4) is 0 Å². The highest BCUT2D eigenvalue weighted by molar-refractivity contribution is 5.94. The lowest BCUT2D eigenvalue weighted by Crippen LogP contribution is -2.45. The maximum absolute atomic E-state index is 12.5. The predicted octanol–water partition coefficient (Wildman–Crippen LogP) is 0.474. The molecule has 2 aliphatic heterocycles. The highest BCUT2D eigenvalue weighted by atomic mass is 16.5. The summed E-state index contributed by atoms with van der Waals surface area (Å²) >= 11 is 0. The van der Waals surface area contributed by atoms with Crippen molar-refractivity contribution in [3.05, 3.63) is 52.5 Å². The van der Waals surface area contributed by atoms with Crippen LogP contribution in [0.2, 0.25) is 0 Å². The molecule has 33 heavy (non-hydrogen) atoms. The molecule has 0 unspecified atom stereocenters. The highest BCUT2D eigenvalue weighted by Crippen LogP contribution is 2.26. The molecule has 0 radical (unpaired) electrons. The van der Waals surface area contributed by atoms with Crippen LogP contribution in [-0.2, 0) is 17.8 Å². The molecule has 5 N–H and O–H groups in total. The van der Waals surface area contributed by atoms with E-state index in [0.29, 0.717) is 18.0 Å². The lowest BCUT2D eigenvalue weighted by atomic mass is 9.96. The first-order chi connectivity index (χ1) is 16.0. The van der Waals surface area contributed by atoms with E-state index in [1.807, 2.05) is 12.1 Å². The van der Waals surface area contributed by atoms with Crippen LogP contribution in [-0.4, -0.2) is 58.8 Å². The Morgan fingerprint density at radius 1 is 1.33 bits per heavy atom. The minimum absolute atomic E-state index is 0.0931. The summed E-state index contributed by atoms with van der Waals surface area (Å²) in [6.45, 7) is 5.18. The third kappa shape index (κ3) is 5.10. The number of esters is 1. The number of benzene rings is 1. The number of carbonyl (C=O) groups is 2. The first-order valence-corrected chi connectivity index (χ1v) is 10.9. The Morgan fingerprint density at radius 2 is 2.12 bits per heavy atom. The van der Waals surface area contributed by atoms with Gasteiger partial charge in [0.25, 0.3) is 5.91 Å². The maximum Gasteiger partial charge on any atom is 0.338 e. The summed E-state index contributed by atoms with van der Waals surface area (Å²) in [6, 6.07) is 4.00. The Kier molecular flexibility index (Phi) is 6.80. The Hall–Kier alpha value is -3.57. The van der Waals surface area contributed by atoms with Gasteiger partial charge in [0.2, 0.25) is 0 Å². The number of piperidine rings is 1. The quantitative estimate of drug-likeness (QED) is 0.179. The average molecular weight is 453 g/mol. The number of aromatic nitrogens is 2. The van der Waals surface area contributed by atoms with Gasteiger partial charge in [0.15, 0.2) is 5.82 Å². The van der Waals surface area contributed by atoms with E-state index < -0.39 is 0 Å². The molecule has 1 aromatic carbocycles. The van der Waals surface area contributed by atoms with Crippen LogP contribution in [0.25, 0.3) is 0 Å². The molecule has 1 aromatic heterocycles. The van der Waals surface area contributed by atoms with Crippen molar-refractivity contribution in [2.45, 2.75) is 38.8 Å². The minimum Gasteiger partial charge on any atom is -0.457 e. The lowest BCUT2D eigenvalue weighted by molar-refractivity contribution is 0.0534. The number of carbonyl (C=O) groups excluding carboxylic acids is 2. The molecular weight excluding hydrogens is 424 g/mol. The fraction of sp³-hybridized carbons (Fsp3) is 0.409. The second-order valence-corrected chi connectivity index (χ2v) is 8.22. The number of amides is 1. The van der Waals surface area contributed by atoms with Crippen LogP contribution in [0.4, 0.5) is 5.82 Å². The molecule has 0 aliphatic carbocycles. The van der Waals surface area contributed by atoms with Crippen molar-refractivity contribution in [1.29, 1.82) is 0 Å². The normalized spacial score (nSPS) is 16.6. The van der Waals surface area contributed by atoms with E-state index in [0.717, 1.165) is 55.0 Å². The number of anilines is 1. The van der Waals surface area contributed by atoms with Gasteiger partial charge in [-0.1, -0.05) is 6.07 Å². The molecule has 4 rings (SSSR count). The number of likely N-dealkylation sites (tertiary alicyclic amines) is 1. The van der Waals surface area contributed by atoms with Gasteiger partial charge >= 0.3 is 5.97 Å². The number of fused-ring (bicyclic) bond motifs is 1. The fourth-order valence-corrected chi connectivity index (χ4v) is 4.21. The number of hydrazone groups is 1. The Morgan fingerprint density at radius 3 is 2.82 bits per heavy atom. The van der Waals surface area contributed by atoms with E-state index >= 15 is 0 Å². The number of rotatable bonds is 7. The van der Waals surface area contributed by atoms with Gasteiger partial charge in [-0.2, -0.15) is 5.10 Å². The van der Waals surface area contributed by atoms with E-state index in [-0.39, 0.29) is 23.6 Å². The molecule has 11 nitrogen and oxygen atoms in total. The Labute approximate surface area is 191 Å². The van der Waals surface area contributed by atoms with Gasteiger partial charge < -0.3 is 20.8 Å². The molecule has 0 bridgehead atoms. The fourth-order valence-electron chi connectivity index (χ4n) is 4.21.